The number of carbonyl (C=O) groups excluding carboxylic acids is 1. The first-order valence-electron chi connectivity index (χ1n) is 13.4. The molecule has 1 amide bonds. The lowest BCUT2D eigenvalue weighted by molar-refractivity contribution is -0.117. The van der Waals surface area contributed by atoms with E-state index in [1.54, 1.807) is 6.92 Å². The molecule has 2 unspecified atom stereocenters. The maximum Gasteiger partial charge on any atom is 0.262 e. The van der Waals surface area contributed by atoms with Crippen LogP contribution >= 0.6 is 0 Å². The maximum atomic E-state index is 12.9. The van der Waals surface area contributed by atoms with Crippen LogP contribution in [0.5, 0.6) is 0 Å². The molecule has 0 spiro atoms. The number of methoxy groups -OCH3 is 1. The van der Waals surface area contributed by atoms with Gasteiger partial charge in [0, 0.05) is 63.9 Å². The highest BCUT2D eigenvalue weighted by Gasteiger charge is 2.20. The quantitative estimate of drug-likeness (QED) is 0.224. The number of nitrogens with one attached hydrogen (secondary N) is 1. The summed E-state index contributed by atoms with van der Waals surface area (Å²) < 4.78 is 7.34. The highest BCUT2D eigenvalue weighted by Crippen LogP contribution is 2.30. The third kappa shape index (κ3) is 7.07. The Hall–Kier alpha value is -3.64. The molecule has 3 rings (SSSR count). The molecule has 1 aromatic heterocycles. The van der Waals surface area contributed by atoms with Crippen LogP contribution in [0, 0.1) is 11.3 Å². The molecule has 0 saturated carbocycles. The summed E-state index contributed by atoms with van der Waals surface area (Å²) in [5, 5.41) is 33.8. The van der Waals surface area contributed by atoms with Crippen molar-refractivity contribution < 1.29 is 19.7 Å². The zero-order valence-corrected chi connectivity index (χ0v) is 23.6. The highest BCUT2D eigenvalue weighted by atomic mass is 16.5. The summed E-state index contributed by atoms with van der Waals surface area (Å²) in [6.45, 7) is 8.02. The van der Waals surface area contributed by atoms with Crippen LogP contribution in [0.1, 0.15) is 39.3 Å². The van der Waals surface area contributed by atoms with Crippen LogP contribution in [0.15, 0.2) is 54.1 Å². The molecular formula is C31H40N4O4. The number of aliphatic hydroxyl groups excluding tert-OH is 2. The van der Waals surface area contributed by atoms with Gasteiger partial charge in [-0.25, -0.2) is 0 Å². The SMILES string of the molecule is CCN(CC)c1ccc2cc(-c3ccc(/C(C)=C(\C#N)C(=O)NCC(CC(O)CCO)OC)n3C)ccc2c1. The highest BCUT2D eigenvalue weighted by molar-refractivity contribution is 6.04. The van der Waals surface area contributed by atoms with E-state index < -0.39 is 18.1 Å². The van der Waals surface area contributed by atoms with Gasteiger partial charge in [-0.1, -0.05) is 18.2 Å². The van der Waals surface area contributed by atoms with Crippen molar-refractivity contribution in [2.75, 3.05) is 38.3 Å². The van der Waals surface area contributed by atoms with Crippen molar-refractivity contribution in [1.29, 1.82) is 5.26 Å². The number of nitrogens with zero attached hydrogens (tertiary/aromatic N) is 3. The number of anilines is 1. The van der Waals surface area contributed by atoms with Crippen LogP contribution in [0.3, 0.4) is 0 Å². The van der Waals surface area contributed by atoms with Crippen LogP contribution in [0.4, 0.5) is 5.69 Å². The van der Waals surface area contributed by atoms with Gasteiger partial charge in [-0.05, 0) is 79.4 Å². The van der Waals surface area contributed by atoms with E-state index in [1.807, 2.05) is 23.7 Å². The second kappa shape index (κ2) is 13.9. The van der Waals surface area contributed by atoms with Gasteiger partial charge in [-0.15, -0.1) is 0 Å². The third-order valence-corrected chi connectivity index (χ3v) is 7.29. The predicted octanol–water partition coefficient (Wildman–Crippen LogP) is 4.25. The molecule has 2 aromatic carbocycles. The number of hydrogen-bond donors (Lipinski definition) is 3. The van der Waals surface area contributed by atoms with Crippen molar-refractivity contribution in [2.45, 2.75) is 45.8 Å². The Bertz CT molecular complexity index is 1350. The number of allylic oxidation sites excluding steroid dienone is 1. The fourth-order valence-electron chi connectivity index (χ4n) is 4.92. The molecule has 3 aromatic rings. The van der Waals surface area contributed by atoms with Crippen molar-refractivity contribution >= 4 is 27.9 Å². The van der Waals surface area contributed by atoms with Crippen molar-refractivity contribution in [3.8, 4) is 17.3 Å². The molecular weight excluding hydrogens is 492 g/mol. The number of ether oxygens (including phenoxy) is 1. The zero-order valence-electron chi connectivity index (χ0n) is 23.6. The number of aliphatic hydroxyl groups is 2. The fraction of sp³-hybridized carbons (Fsp3) is 0.419. The molecule has 0 aliphatic rings. The number of hydrogen-bond acceptors (Lipinski definition) is 6. The van der Waals surface area contributed by atoms with Crippen LogP contribution < -0.4 is 10.2 Å². The van der Waals surface area contributed by atoms with Gasteiger partial charge in [-0.2, -0.15) is 5.26 Å². The van der Waals surface area contributed by atoms with Gasteiger partial charge >= 0.3 is 0 Å². The molecule has 0 bridgehead atoms. The van der Waals surface area contributed by atoms with E-state index >= 15 is 0 Å². The van der Waals surface area contributed by atoms with Crippen LogP contribution in [-0.4, -0.2) is 66.2 Å². The number of amides is 1. The third-order valence-electron chi connectivity index (χ3n) is 7.29. The Balaban J connectivity index is 1.82. The molecule has 2 atom stereocenters. The van der Waals surface area contributed by atoms with Gasteiger partial charge in [0.25, 0.3) is 5.91 Å². The molecule has 0 fully saturated rings. The Labute approximate surface area is 231 Å². The summed E-state index contributed by atoms with van der Waals surface area (Å²) in [6, 6.07) is 18.9. The van der Waals surface area contributed by atoms with Gasteiger partial charge in [0.2, 0.25) is 0 Å². The summed E-state index contributed by atoms with van der Waals surface area (Å²) in [5.74, 6) is -0.494. The van der Waals surface area contributed by atoms with E-state index in [2.05, 4.69) is 66.5 Å². The van der Waals surface area contributed by atoms with Crippen molar-refractivity contribution in [3.63, 3.8) is 0 Å². The van der Waals surface area contributed by atoms with Crippen molar-refractivity contribution in [2.24, 2.45) is 7.05 Å². The summed E-state index contributed by atoms with van der Waals surface area (Å²) in [5.41, 5.74) is 4.61. The van der Waals surface area contributed by atoms with Crippen LogP contribution in [0.25, 0.3) is 27.6 Å². The predicted molar refractivity (Wildman–Crippen MR) is 156 cm³/mol. The number of fused-ring (bicyclic) bond motifs is 1. The number of carbonyl (C=O) groups is 1. The van der Waals surface area contributed by atoms with E-state index in [9.17, 15) is 15.2 Å². The minimum atomic E-state index is -0.731. The number of rotatable bonds is 13. The first kappa shape index (κ1) is 29.9. The van der Waals surface area contributed by atoms with Gasteiger partial charge in [0.1, 0.15) is 11.6 Å². The van der Waals surface area contributed by atoms with E-state index in [-0.39, 0.29) is 31.6 Å². The monoisotopic (exact) mass is 532 g/mol. The van der Waals surface area contributed by atoms with Crippen LogP contribution in [0.2, 0.25) is 0 Å². The standard InChI is InChI=1S/C31H40N4O4/c1-6-35(7-2)25-11-10-22-16-24(9-8-23(22)17-25)30-13-12-29(34(30)4)21(3)28(19-32)31(38)33-20-27(39-5)18-26(37)14-15-36/h8-13,16-17,26-27,36-37H,6-7,14-15,18,20H2,1-5H3,(H,33,38)/b28-21+. The molecule has 208 valence electrons. The first-order valence-corrected chi connectivity index (χ1v) is 13.4. The second-order valence-corrected chi connectivity index (χ2v) is 9.66. The minimum absolute atomic E-state index is 0.0240. The molecule has 0 aliphatic carbocycles. The molecule has 39 heavy (non-hydrogen) atoms. The molecule has 0 radical (unpaired) electrons. The largest absolute Gasteiger partial charge is 0.396 e. The number of benzene rings is 2. The molecule has 8 nitrogen and oxygen atoms in total. The van der Waals surface area contributed by atoms with Gasteiger partial charge in [0.15, 0.2) is 0 Å². The molecule has 0 saturated heterocycles. The lowest BCUT2D eigenvalue weighted by Gasteiger charge is -2.21. The average Bonchev–Trinajstić information content (AvgIpc) is 3.32. The Kier molecular flexibility index (Phi) is 10.7. The fourth-order valence-corrected chi connectivity index (χ4v) is 4.92. The van der Waals surface area contributed by atoms with E-state index in [4.69, 9.17) is 9.84 Å². The molecule has 0 aliphatic heterocycles. The topological polar surface area (TPSA) is 111 Å². The maximum absolute atomic E-state index is 12.9. The Morgan fingerprint density at radius 3 is 2.46 bits per heavy atom. The van der Waals surface area contributed by atoms with Gasteiger partial charge in [0.05, 0.1) is 12.2 Å². The smallest absolute Gasteiger partial charge is 0.262 e. The first-order chi connectivity index (χ1) is 18.8. The van der Waals surface area contributed by atoms with Gasteiger partial charge in [-0.3, -0.25) is 4.79 Å². The summed E-state index contributed by atoms with van der Waals surface area (Å²) in [6.07, 6.45) is -0.661. The minimum Gasteiger partial charge on any atom is -0.396 e. The van der Waals surface area contributed by atoms with E-state index in [1.165, 1.54) is 18.2 Å². The summed E-state index contributed by atoms with van der Waals surface area (Å²) in [7, 11) is 3.43. The zero-order chi connectivity index (χ0) is 28.5. The summed E-state index contributed by atoms with van der Waals surface area (Å²) >= 11 is 0. The lowest BCUT2D eigenvalue weighted by atomic mass is 10.0. The Morgan fingerprint density at radius 1 is 1.13 bits per heavy atom. The molecule has 3 N–H and O–H groups in total. The van der Waals surface area contributed by atoms with Crippen molar-refractivity contribution in [3.05, 3.63) is 59.8 Å². The average molecular weight is 533 g/mol. The van der Waals surface area contributed by atoms with Crippen LogP contribution in [-0.2, 0) is 16.6 Å². The number of aromatic nitrogens is 1. The van der Waals surface area contributed by atoms with E-state index in [0.29, 0.717) is 5.57 Å². The van der Waals surface area contributed by atoms with E-state index in [0.717, 1.165) is 35.4 Å². The Morgan fingerprint density at radius 2 is 1.82 bits per heavy atom. The number of nitriles is 1. The lowest BCUT2D eigenvalue weighted by Crippen LogP contribution is -2.36. The molecule has 8 heteroatoms. The second-order valence-electron chi connectivity index (χ2n) is 9.66. The van der Waals surface area contributed by atoms with Gasteiger partial charge < -0.3 is 29.7 Å². The van der Waals surface area contributed by atoms with Crippen molar-refractivity contribution in [1.82, 2.24) is 9.88 Å². The summed E-state index contributed by atoms with van der Waals surface area (Å²) in [4.78, 5) is 15.2. The molecule has 1 heterocycles. The normalized spacial score (nSPS) is 13.5.